The van der Waals surface area contributed by atoms with Crippen molar-refractivity contribution in [2.24, 2.45) is 11.8 Å². The maximum Gasteiger partial charge on any atom is 0.573 e. The number of rotatable bonds is 7. The molecule has 206 valence electrons. The van der Waals surface area contributed by atoms with Gasteiger partial charge in [-0.3, -0.25) is 14.5 Å². The Labute approximate surface area is 216 Å². The molecular weight excluding hydrogens is 549 g/mol. The molecule has 2 aliphatic carbocycles. The van der Waals surface area contributed by atoms with Gasteiger partial charge in [0.15, 0.2) is 11.4 Å². The van der Waals surface area contributed by atoms with Crippen LogP contribution in [0.25, 0.3) is 0 Å². The normalized spacial score (nSPS) is 24.4. The summed E-state index contributed by atoms with van der Waals surface area (Å²) in [6.07, 6.45) is -2.26. The summed E-state index contributed by atoms with van der Waals surface area (Å²) in [5.74, 6) is -9.52. The highest BCUT2D eigenvalue weighted by atomic mass is 35.5. The number of aromatic nitrogens is 2. The number of benzene rings is 1. The second-order valence-corrected chi connectivity index (χ2v) is 9.69. The van der Waals surface area contributed by atoms with Gasteiger partial charge in [-0.25, -0.2) is 27.5 Å². The van der Waals surface area contributed by atoms with E-state index in [1.54, 1.807) is 0 Å². The number of hydrogen-bond acceptors (Lipinski definition) is 5. The van der Waals surface area contributed by atoms with Crippen LogP contribution in [0, 0.1) is 17.7 Å². The highest BCUT2D eigenvalue weighted by molar-refractivity contribution is 6.32. The summed E-state index contributed by atoms with van der Waals surface area (Å²) >= 11 is 5.39. The van der Waals surface area contributed by atoms with Crippen molar-refractivity contribution in [2.45, 2.75) is 55.7 Å². The maximum atomic E-state index is 15.2. The lowest BCUT2D eigenvalue weighted by molar-refractivity contribution is -0.274. The molecule has 2 bridgehead atoms. The molecule has 2 aliphatic rings. The molecule has 2 aromatic rings. The third-order valence-corrected chi connectivity index (χ3v) is 7.14. The molecule has 1 aromatic heterocycles. The minimum Gasteiger partial charge on any atom is -0.406 e. The molecule has 2 saturated carbocycles. The van der Waals surface area contributed by atoms with E-state index in [1.165, 1.54) is 0 Å². The summed E-state index contributed by atoms with van der Waals surface area (Å²) in [6, 6.07) is 0.909. The number of halogens is 8. The number of amides is 2. The van der Waals surface area contributed by atoms with Gasteiger partial charge in [-0.2, -0.15) is 0 Å². The van der Waals surface area contributed by atoms with Crippen LogP contribution in [0.2, 0.25) is 0 Å². The Morgan fingerprint density at radius 2 is 1.87 bits per heavy atom. The monoisotopic (exact) mass is 568 g/mol. The van der Waals surface area contributed by atoms with E-state index in [0.29, 0.717) is 23.1 Å². The number of nitrogens with one attached hydrogen (secondary N) is 1. The van der Waals surface area contributed by atoms with Gasteiger partial charge in [0.05, 0.1) is 5.69 Å². The van der Waals surface area contributed by atoms with Crippen molar-refractivity contribution in [3.63, 3.8) is 0 Å². The van der Waals surface area contributed by atoms with Crippen LogP contribution in [0.1, 0.15) is 31.7 Å². The van der Waals surface area contributed by atoms with E-state index < -0.39 is 76.8 Å². The fourth-order valence-electron chi connectivity index (χ4n) is 5.15. The Morgan fingerprint density at radius 3 is 2.37 bits per heavy atom. The van der Waals surface area contributed by atoms with Gasteiger partial charge < -0.3 is 10.1 Å². The van der Waals surface area contributed by atoms with Crippen LogP contribution in [0.5, 0.6) is 5.75 Å². The predicted octanol–water partition coefficient (Wildman–Crippen LogP) is 4.85. The van der Waals surface area contributed by atoms with Crippen LogP contribution >= 0.6 is 11.6 Å². The molecule has 0 aliphatic heterocycles. The van der Waals surface area contributed by atoms with Crippen molar-refractivity contribution in [3.8, 4) is 5.75 Å². The number of nitrogens with zero attached hydrogens (tertiary/aromatic N) is 3. The van der Waals surface area contributed by atoms with Gasteiger partial charge in [-0.1, -0.05) is 11.6 Å². The molecule has 5 atom stereocenters. The zero-order valence-corrected chi connectivity index (χ0v) is 20.2. The van der Waals surface area contributed by atoms with E-state index in [9.17, 15) is 35.9 Å². The van der Waals surface area contributed by atoms with Crippen LogP contribution in [-0.2, 0) is 15.1 Å². The third kappa shape index (κ3) is 5.22. The average molecular weight is 569 g/mol. The summed E-state index contributed by atoms with van der Waals surface area (Å²) in [6.45, 7) is 1.10. The van der Waals surface area contributed by atoms with Gasteiger partial charge in [-0.15, -0.1) is 13.2 Å². The molecule has 15 heteroatoms. The second-order valence-electron chi connectivity index (χ2n) is 9.31. The van der Waals surface area contributed by atoms with Crippen LogP contribution in [0.15, 0.2) is 36.9 Å². The van der Waals surface area contributed by atoms with Gasteiger partial charge >= 0.3 is 6.36 Å². The summed E-state index contributed by atoms with van der Waals surface area (Å²) in [4.78, 5) is 34.7. The minimum absolute atomic E-state index is 0.0577. The summed E-state index contributed by atoms with van der Waals surface area (Å²) in [5, 5.41) is 2.61. The van der Waals surface area contributed by atoms with Crippen molar-refractivity contribution in [1.82, 2.24) is 15.3 Å². The first-order chi connectivity index (χ1) is 17.6. The van der Waals surface area contributed by atoms with Crippen LogP contribution in [-0.4, -0.2) is 45.7 Å². The molecule has 0 spiro atoms. The summed E-state index contributed by atoms with van der Waals surface area (Å²) in [7, 11) is 0. The van der Waals surface area contributed by atoms with Crippen LogP contribution < -0.4 is 15.0 Å². The standard InChI is InChI=1S/C23H20ClF7N4O3/c1-21(13-8-32-10-33-9-13,20(37)34-16-5-12-4-11(16)7-22(12,27)28)35(19(36)18(24)26)17-3-2-14(6-15(17)25)38-23(29,30)31/h2-3,6,8-12,16,18H,4-5,7H2,1H3,(H,34,37)/t11?,12-,16+,18-,21-/m0/s1. The first kappa shape index (κ1) is 27.9. The van der Waals surface area contributed by atoms with E-state index in [0.717, 1.165) is 25.6 Å². The summed E-state index contributed by atoms with van der Waals surface area (Å²) < 4.78 is 98.9. The molecule has 7 nitrogen and oxygen atoms in total. The topological polar surface area (TPSA) is 84.4 Å². The lowest BCUT2D eigenvalue weighted by atomic mass is 9.87. The Balaban J connectivity index is 1.77. The van der Waals surface area contributed by atoms with E-state index in [2.05, 4.69) is 20.0 Å². The molecule has 38 heavy (non-hydrogen) atoms. The van der Waals surface area contributed by atoms with Crippen molar-refractivity contribution in [3.05, 3.63) is 48.3 Å². The zero-order chi connectivity index (χ0) is 28.0. The number of carbonyl (C=O) groups is 2. The highest BCUT2D eigenvalue weighted by Gasteiger charge is 2.58. The third-order valence-electron chi connectivity index (χ3n) is 6.96. The molecule has 0 radical (unpaired) electrons. The number of fused-ring (bicyclic) bond motifs is 2. The smallest absolute Gasteiger partial charge is 0.406 e. The number of ether oxygens (including phenoxy) is 1. The Bertz CT molecular complexity index is 1220. The molecule has 1 aromatic carbocycles. The lowest BCUT2D eigenvalue weighted by Gasteiger charge is -2.41. The first-order valence-electron chi connectivity index (χ1n) is 11.2. The maximum absolute atomic E-state index is 15.2. The molecule has 1 heterocycles. The number of hydrogen-bond donors (Lipinski definition) is 1. The zero-order valence-electron chi connectivity index (χ0n) is 19.5. The molecule has 2 fully saturated rings. The fraction of sp³-hybridized carbons (Fsp3) is 0.478. The number of carbonyl (C=O) groups excluding carboxylic acids is 2. The van der Waals surface area contributed by atoms with Gasteiger partial charge in [0, 0.05) is 42.4 Å². The van der Waals surface area contributed by atoms with E-state index in [1.807, 2.05) is 0 Å². The Hall–Kier alpha value is -3.16. The van der Waals surface area contributed by atoms with E-state index >= 15 is 4.39 Å². The molecular formula is C23H20ClF7N4O3. The number of anilines is 1. The van der Waals surface area contributed by atoms with Crippen molar-refractivity contribution in [2.75, 3.05) is 4.90 Å². The average Bonchev–Trinajstić information content (AvgIpc) is 3.35. The molecule has 1 N–H and O–H groups in total. The second kappa shape index (κ2) is 9.86. The SMILES string of the molecule is C[C@@](C(=O)N[C@@H]1C[C@@H]2CC1CC2(F)F)(c1cncnc1)N(C(=O)[C@H](F)Cl)c1ccc(OC(F)(F)F)cc1F. The Morgan fingerprint density at radius 1 is 1.21 bits per heavy atom. The van der Waals surface area contributed by atoms with Crippen molar-refractivity contribution in [1.29, 1.82) is 0 Å². The van der Waals surface area contributed by atoms with Gasteiger partial charge in [0.25, 0.3) is 23.4 Å². The van der Waals surface area contributed by atoms with Gasteiger partial charge in [0.2, 0.25) is 0 Å². The first-order valence-corrected chi connectivity index (χ1v) is 11.7. The molecule has 1 unspecified atom stereocenters. The van der Waals surface area contributed by atoms with Crippen molar-refractivity contribution >= 4 is 29.1 Å². The van der Waals surface area contributed by atoms with E-state index in [4.69, 9.17) is 11.6 Å². The predicted molar refractivity (Wildman–Crippen MR) is 118 cm³/mol. The minimum atomic E-state index is -5.16. The largest absolute Gasteiger partial charge is 0.573 e. The molecule has 0 saturated heterocycles. The molecule has 4 rings (SSSR count). The van der Waals surface area contributed by atoms with Gasteiger partial charge in [-0.05, 0) is 37.8 Å². The van der Waals surface area contributed by atoms with Gasteiger partial charge in [0.1, 0.15) is 12.1 Å². The van der Waals surface area contributed by atoms with Crippen LogP contribution in [0.4, 0.5) is 36.4 Å². The lowest BCUT2D eigenvalue weighted by Crippen LogP contribution is -2.60. The number of alkyl halides is 7. The quantitative estimate of drug-likeness (QED) is 0.381. The summed E-state index contributed by atoms with van der Waals surface area (Å²) in [5.41, 5.74) is -6.09. The fourth-order valence-corrected chi connectivity index (χ4v) is 5.25. The van der Waals surface area contributed by atoms with E-state index in [-0.39, 0.29) is 18.4 Å². The highest BCUT2D eigenvalue weighted by Crippen LogP contribution is 2.54. The van der Waals surface area contributed by atoms with Crippen LogP contribution in [0.3, 0.4) is 0 Å². The molecule has 2 amide bonds. The Kier molecular flexibility index (Phi) is 7.23. The van der Waals surface area contributed by atoms with Crippen molar-refractivity contribution < 1.29 is 45.1 Å².